The predicted octanol–water partition coefficient (Wildman–Crippen LogP) is 5.30. The summed E-state index contributed by atoms with van der Waals surface area (Å²) >= 11 is 9.45. The van der Waals surface area contributed by atoms with E-state index in [9.17, 15) is 19.6 Å². The zero-order chi connectivity index (χ0) is 24.7. The molecule has 3 aromatic rings. The molecule has 5 rings (SSSR count). The lowest BCUT2D eigenvalue weighted by Crippen LogP contribution is -2.51. The van der Waals surface area contributed by atoms with E-state index in [1.54, 1.807) is 42.5 Å². The average Bonchev–Trinajstić information content (AvgIpc) is 3.41. The number of nitrogens with zero attached hydrogens (tertiary/aromatic N) is 3. The van der Waals surface area contributed by atoms with Gasteiger partial charge in [-0.05, 0) is 55.7 Å². The van der Waals surface area contributed by atoms with Crippen molar-refractivity contribution in [3.8, 4) is 6.07 Å². The van der Waals surface area contributed by atoms with E-state index in [1.807, 2.05) is 6.07 Å². The van der Waals surface area contributed by atoms with Gasteiger partial charge >= 0.3 is 0 Å². The van der Waals surface area contributed by atoms with E-state index in [4.69, 9.17) is 16.3 Å². The number of amides is 1. The third-order valence-corrected chi connectivity index (χ3v) is 7.21. The molecule has 2 heterocycles. The molecule has 1 N–H and O–H groups in total. The van der Waals surface area contributed by atoms with Gasteiger partial charge in [0.2, 0.25) is 5.72 Å². The SMILES string of the molecule is N#Cc1ccc(C(OC2CCC(O)C2)(c2ccc(Cl)cc2)N2Cc3c(F)cc(Br)cc3C2=O)nc1. The lowest BCUT2D eigenvalue weighted by atomic mass is 9.95. The highest BCUT2D eigenvalue weighted by molar-refractivity contribution is 9.10. The van der Waals surface area contributed by atoms with E-state index in [1.165, 1.54) is 17.2 Å². The first-order chi connectivity index (χ1) is 16.8. The number of nitriles is 1. The van der Waals surface area contributed by atoms with Crippen molar-refractivity contribution < 1.29 is 19.0 Å². The third kappa shape index (κ3) is 4.23. The minimum Gasteiger partial charge on any atom is -0.393 e. The second-order valence-corrected chi connectivity index (χ2v) is 10.1. The van der Waals surface area contributed by atoms with Crippen molar-refractivity contribution in [2.24, 2.45) is 0 Å². The van der Waals surface area contributed by atoms with Gasteiger partial charge in [-0.2, -0.15) is 5.26 Å². The van der Waals surface area contributed by atoms with Gasteiger partial charge in [0.1, 0.15) is 11.9 Å². The van der Waals surface area contributed by atoms with Crippen molar-refractivity contribution >= 4 is 33.4 Å². The lowest BCUT2D eigenvalue weighted by Gasteiger charge is -2.43. The highest BCUT2D eigenvalue weighted by Crippen LogP contribution is 2.45. The Morgan fingerprint density at radius 3 is 2.63 bits per heavy atom. The van der Waals surface area contributed by atoms with Gasteiger partial charge < -0.3 is 9.84 Å². The second kappa shape index (κ2) is 9.32. The number of ether oxygens (including phenoxy) is 1. The number of carbonyl (C=O) groups excluding carboxylic acids is 1. The highest BCUT2D eigenvalue weighted by atomic mass is 79.9. The predicted molar refractivity (Wildman–Crippen MR) is 130 cm³/mol. The number of rotatable bonds is 5. The first kappa shape index (κ1) is 23.9. The molecule has 3 unspecified atom stereocenters. The molecule has 2 aliphatic rings. The van der Waals surface area contributed by atoms with E-state index in [0.29, 0.717) is 45.6 Å². The van der Waals surface area contributed by atoms with Crippen molar-refractivity contribution in [3.05, 3.63) is 98.0 Å². The van der Waals surface area contributed by atoms with Crippen molar-refractivity contribution in [3.63, 3.8) is 0 Å². The summed E-state index contributed by atoms with van der Waals surface area (Å²) in [6.07, 6.45) is 2.06. The monoisotopic (exact) mass is 555 g/mol. The Morgan fingerprint density at radius 2 is 2.00 bits per heavy atom. The molecule has 0 bridgehead atoms. The van der Waals surface area contributed by atoms with Crippen LogP contribution in [0.4, 0.5) is 4.39 Å². The molecule has 178 valence electrons. The fourth-order valence-electron chi connectivity index (χ4n) is 4.82. The average molecular weight is 557 g/mol. The summed E-state index contributed by atoms with van der Waals surface area (Å²) in [4.78, 5) is 19.8. The van der Waals surface area contributed by atoms with Crippen LogP contribution in [0.1, 0.15) is 52.0 Å². The van der Waals surface area contributed by atoms with E-state index < -0.39 is 23.6 Å². The molecule has 0 spiro atoms. The van der Waals surface area contributed by atoms with E-state index in [0.717, 1.165) is 0 Å². The number of aliphatic hydroxyl groups excluding tert-OH is 1. The Labute approximate surface area is 215 Å². The largest absolute Gasteiger partial charge is 0.393 e. The van der Waals surface area contributed by atoms with Crippen molar-refractivity contribution in [1.82, 2.24) is 9.88 Å². The van der Waals surface area contributed by atoms with Gasteiger partial charge in [0, 0.05) is 32.4 Å². The van der Waals surface area contributed by atoms with Crippen LogP contribution < -0.4 is 0 Å². The van der Waals surface area contributed by atoms with Gasteiger partial charge in [-0.3, -0.25) is 14.7 Å². The number of carbonyl (C=O) groups is 1. The maximum Gasteiger partial charge on any atom is 0.257 e. The van der Waals surface area contributed by atoms with Gasteiger partial charge in [0.05, 0.1) is 30.0 Å². The molecule has 1 aliphatic carbocycles. The number of aromatic nitrogens is 1. The molecular formula is C26H20BrClFN3O3. The summed E-state index contributed by atoms with van der Waals surface area (Å²) in [5.41, 5.74) is 0.227. The topological polar surface area (TPSA) is 86.5 Å². The Bertz CT molecular complexity index is 1330. The highest BCUT2D eigenvalue weighted by Gasteiger charge is 2.51. The van der Waals surface area contributed by atoms with Gasteiger partial charge in [0.25, 0.3) is 5.91 Å². The molecule has 0 saturated heterocycles. The van der Waals surface area contributed by atoms with E-state index in [2.05, 4.69) is 20.9 Å². The number of hydrogen-bond donors (Lipinski definition) is 1. The summed E-state index contributed by atoms with van der Waals surface area (Å²) in [6.45, 7) is -0.0487. The number of benzene rings is 2. The van der Waals surface area contributed by atoms with Gasteiger partial charge in [-0.15, -0.1) is 0 Å². The quantitative estimate of drug-likeness (QED) is 0.461. The molecule has 1 aromatic heterocycles. The Morgan fingerprint density at radius 1 is 1.23 bits per heavy atom. The van der Waals surface area contributed by atoms with Crippen LogP contribution in [0.15, 0.2) is 59.2 Å². The maximum absolute atomic E-state index is 14.9. The molecule has 0 radical (unpaired) electrons. The summed E-state index contributed by atoms with van der Waals surface area (Å²) in [6, 6.07) is 15.1. The summed E-state index contributed by atoms with van der Waals surface area (Å²) in [5, 5.41) is 20.0. The molecule has 9 heteroatoms. The van der Waals surface area contributed by atoms with Crippen LogP contribution in [0.2, 0.25) is 5.02 Å². The smallest absolute Gasteiger partial charge is 0.257 e. The first-order valence-electron chi connectivity index (χ1n) is 11.1. The van der Waals surface area contributed by atoms with Crippen LogP contribution in [0.25, 0.3) is 0 Å². The number of fused-ring (bicyclic) bond motifs is 1. The van der Waals surface area contributed by atoms with Gasteiger partial charge in [-0.1, -0.05) is 39.7 Å². The first-order valence-corrected chi connectivity index (χ1v) is 12.3. The molecule has 35 heavy (non-hydrogen) atoms. The number of aliphatic hydroxyl groups is 1. The van der Waals surface area contributed by atoms with Gasteiger partial charge in [-0.25, -0.2) is 4.39 Å². The normalized spacial score (nSPS) is 21.0. The van der Waals surface area contributed by atoms with Crippen molar-refractivity contribution in [1.29, 1.82) is 5.26 Å². The zero-order valence-electron chi connectivity index (χ0n) is 18.4. The standard InChI is InChI=1S/C26H20BrClFN3O3/c27-17-9-21-22(23(29)10-17)14-32(25(21)34)26(16-2-4-18(28)5-3-16,35-20-7-6-19(33)11-20)24-8-1-15(12-30)13-31-24/h1-5,8-10,13,19-20,33H,6-7,11,14H2. The second-order valence-electron chi connectivity index (χ2n) is 8.71. The summed E-state index contributed by atoms with van der Waals surface area (Å²) < 4.78 is 22.1. The Hall–Kier alpha value is -2.83. The van der Waals surface area contributed by atoms with Crippen LogP contribution in [-0.4, -0.2) is 33.1 Å². The molecular weight excluding hydrogens is 537 g/mol. The number of pyridine rings is 1. The summed E-state index contributed by atoms with van der Waals surface area (Å²) in [5.74, 6) is -0.917. The number of halogens is 3. The lowest BCUT2D eigenvalue weighted by molar-refractivity contribution is -0.154. The van der Waals surface area contributed by atoms with Crippen molar-refractivity contribution in [2.45, 2.75) is 43.7 Å². The van der Waals surface area contributed by atoms with Crippen molar-refractivity contribution in [2.75, 3.05) is 0 Å². The molecule has 6 nitrogen and oxygen atoms in total. The summed E-state index contributed by atoms with van der Waals surface area (Å²) in [7, 11) is 0. The molecule has 1 aliphatic heterocycles. The van der Waals surface area contributed by atoms with Gasteiger partial charge in [0.15, 0.2) is 0 Å². The fourth-order valence-corrected chi connectivity index (χ4v) is 5.38. The molecule has 3 atom stereocenters. The molecule has 1 saturated carbocycles. The molecule has 1 amide bonds. The van der Waals surface area contributed by atoms with Crippen LogP contribution in [-0.2, 0) is 17.0 Å². The molecule has 2 aromatic carbocycles. The van der Waals surface area contributed by atoms with E-state index >= 15 is 0 Å². The fraction of sp³-hybridized carbons (Fsp3) is 0.269. The van der Waals surface area contributed by atoms with Crippen LogP contribution in [0.5, 0.6) is 0 Å². The Kier molecular flexibility index (Phi) is 6.36. The minimum atomic E-state index is -1.55. The number of hydrogen-bond acceptors (Lipinski definition) is 5. The maximum atomic E-state index is 14.9. The van der Waals surface area contributed by atoms with E-state index in [-0.39, 0.29) is 23.8 Å². The third-order valence-electron chi connectivity index (χ3n) is 6.50. The molecule has 1 fully saturated rings. The Balaban J connectivity index is 1.73. The minimum absolute atomic E-state index is 0.0487. The van der Waals surface area contributed by atoms with Crippen LogP contribution >= 0.6 is 27.5 Å². The zero-order valence-corrected chi connectivity index (χ0v) is 20.8. The van der Waals surface area contributed by atoms with Crippen LogP contribution in [0, 0.1) is 17.1 Å². The van der Waals surface area contributed by atoms with Crippen LogP contribution in [0.3, 0.4) is 0 Å².